The van der Waals surface area contributed by atoms with E-state index in [2.05, 4.69) is 90.4 Å². The summed E-state index contributed by atoms with van der Waals surface area (Å²) in [5.41, 5.74) is 0. The zero-order valence-electron chi connectivity index (χ0n) is 15.9. The Bertz CT molecular complexity index is 480. The lowest BCUT2D eigenvalue weighted by molar-refractivity contribution is 0.375. The van der Waals surface area contributed by atoms with Crippen molar-refractivity contribution >= 4 is 30.4 Å². The van der Waals surface area contributed by atoms with E-state index in [0.717, 1.165) is 6.42 Å². The summed E-state index contributed by atoms with van der Waals surface area (Å²) in [5, 5.41) is 1.49. The molecule has 0 amide bonds. The van der Waals surface area contributed by atoms with Gasteiger partial charge in [-0.3, -0.25) is 0 Å². The maximum atomic E-state index is 6.93. The summed E-state index contributed by atoms with van der Waals surface area (Å²) in [6, 6.07) is 10.6. The Hall–Kier alpha value is -0.209. The van der Waals surface area contributed by atoms with Gasteiger partial charge in [-0.05, 0) is 49.5 Å². The number of benzene rings is 1. The molecule has 0 aromatic heterocycles. The average molecular weight is 355 g/mol. The van der Waals surface area contributed by atoms with Gasteiger partial charge in [-0.2, -0.15) is 0 Å². The average Bonchev–Trinajstić information content (AvgIpc) is 2.36. The maximum absolute atomic E-state index is 6.93. The Balaban J connectivity index is 3.23. The molecule has 126 valence electrons. The Morgan fingerprint density at radius 1 is 0.864 bits per heavy atom. The highest BCUT2D eigenvalue weighted by molar-refractivity contribution is 6.94. The molecule has 0 heterocycles. The highest BCUT2D eigenvalue weighted by atomic mass is 28.5. The lowest BCUT2D eigenvalue weighted by Crippen LogP contribution is -2.62. The Morgan fingerprint density at radius 3 is 1.77 bits per heavy atom. The van der Waals surface area contributed by atoms with Crippen LogP contribution in [0.5, 0.6) is 0 Å². The van der Waals surface area contributed by atoms with E-state index in [0.29, 0.717) is 0 Å². The van der Waals surface area contributed by atoms with Crippen LogP contribution in [-0.4, -0.2) is 25.2 Å². The first-order chi connectivity index (χ1) is 9.83. The first-order valence-electron chi connectivity index (χ1n) is 8.29. The van der Waals surface area contributed by atoms with Crippen molar-refractivity contribution in [3.8, 4) is 0 Å². The molecule has 1 rings (SSSR count). The largest absolute Gasteiger partial charge is 0.433 e. The third-order valence-corrected chi connectivity index (χ3v) is 17.4. The third-order valence-electron chi connectivity index (χ3n) is 4.76. The second kappa shape index (κ2) is 6.73. The van der Waals surface area contributed by atoms with Crippen molar-refractivity contribution < 1.29 is 8.23 Å². The van der Waals surface area contributed by atoms with Gasteiger partial charge in [0, 0.05) is 0 Å². The van der Waals surface area contributed by atoms with Crippen molar-refractivity contribution in [2.45, 2.75) is 71.5 Å². The lowest BCUT2D eigenvalue weighted by atomic mass is 10.1. The van der Waals surface area contributed by atoms with Gasteiger partial charge in [-0.1, -0.05) is 57.5 Å². The molecular weight excluding hydrogens is 320 g/mol. The molecule has 0 bridgehead atoms. The molecule has 22 heavy (non-hydrogen) atoms. The fourth-order valence-corrected chi connectivity index (χ4v) is 15.3. The van der Waals surface area contributed by atoms with Gasteiger partial charge in [0.25, 0.3) is 0 Å². The minimum atomic E-state index is -2.40. The van der Waals surface area contributed by atoms with Crippen molar-refractivity contribution in [3.63, 3.8) is 0 Å². The second-order valence-electron chi connectivity index (χ2n) is 8.38. The maximum Gasteiger partial charge on any atom is 0.348 e. The normalized spacial score (nSPS) is 16.4. The van der Waals surface area contributed by atoms with Gasteiger partial charge in [-0.25, -0.2) is 0 Å². The molecule has 1 atom stereocenters. The zero-order chi connectivity index (χ0) is 17.2. The Morgan fingerprint density at radius 2 is 1.36 bits per heavy atom. The molecule has 1 aromatic rings. The number of hydrogen-bond donors (Lipinski definition) is 0. The molecule has 5 heteroatoms. The quantitative estimate of drug-likeness (QED) is 0.624. The zero-order valence-corrected chi connectivity index (χ0v) is 18.9. The molecule has 0 aliphatic rings. The minimum absolute atomic E-state index is 0.235. The van der Waals surface area contributed by atoms with Gasteiger partial charge >= 0.3 is 8.56 Å². The topological polar surface area (TPSA) is 18.5 Å². The molecule has 0 aliphatic carbocycles. The molecule has 1 unspecified atom stereocenters. The van der Waals surface area contributed by atoms with Gasteiger partial charge < -0.3 is 8.23 Å². The summed E-state index contributed by atoms with van der Waals surface area (Å²) in [4.78, 5) is 0. The third kappa shape index (κ3) is 4.89. The fraction of sp³-hybridized carbons (Fsp3) is 0.647. The van der Waals surface area contributed by atoms with Crippen molar-refractivity contribution in [1.29, 1.82) is 0 Å². The molecule has 0 spiro atoms. The first-order valence-corrected chi connectivity index (χ1v) is 16.9. The predicted molar refractivity (Wildman–Crippen MR) is 105 cm³/mol. The van der Waals surface area contributed by atoms with Crippen LogP contribution in [0.2, 0.25) is 44.3 Å². The van der Waals surface area contributed by atoms with Gasteiger partial charge in [0.2, 0.25) is 0 Å². The number of rotatable bonds is 7. The van der Waals surface area contributed by atoms with Crippen LogP contribution in [0.4, 0.5) is 0 Å². The van der Waals surface area contributed by atoms with Gasteiger partial charge in [0.15, 0.2) is 16.6 Å². The predicted octanol–water partition coefficient (Wildman–Crippen LogP) is 5.23. The van der Waals surface area contributed by atoms with E-state index in [4.69, 9.17) is 8.23 Å². The van der Waals surface area contributed by atoms with Crippen LogP contribution in [0, 0.1) is 0 Å². The molecular formula is C17H34O2Si3. The molecule has 0 saturated heterocycles. The van der Waals surface area contributed by atoms with Crippen molar-refractivity contribution in [2.24, 2.45) is 0 Å². The lowest BCUT2D eigenvalue weighted by Gasteiger charge is -2.46. The second-order valence-corrected chi connectivity index (χ2v) is 21.1. The standard InChI is InChI=1S/C17H34O2Si3/c1-10-17(2,3)21(7,8)19-22(9,18-20(4,5)6)16-14-12-11-13-15-16/h11-15H,10H2,1-9H3. The van der Waals surface area contributed by atoms with Crippen LogP contribution >= 0.6 is 0 Å². The van der Waals surface area contributed by atoms with Gasteiger partial charge in [0.1, 0.15) is 0 Å². The van der Waals surface area contributed by atoms with Crippen molar-refractivity contribution in [1.82, 2.24) is 0 Å². The monoisotopic (exact) mass is 354 g/mol. The van der Waals surface area contributed by atoms with E-state index >= 15 is 0 Å². The summed E-state index contributed by atoms with van der Waals surface area (Å²) in [5.74, 6) is 0. The number of hydrogen-bond acceptors (Lipinski definition) is 2. The molecule has 1 aromatic carbocycles. The van der Waals surface area contributed by atoms with Gasteiger partial charge in [-0.15, -0.1) is 0 Å². The molecule has 0 fully saturated rings. The van der Waals surface area contributed by atoms with E-state index in [1.165, 1.54) is 5.19 Å². The first kappa shape index (κ1) is 19.8. The highest BCUT2D eigenvalue weighted by Crippen LogP contribution is 2.42. The Labute approximate surface area is 140 Å². The van der Waals surface area contributed by atoms with Crippen LogP contribution in [0.15, 0.2) is 30.3 Å². The van der Waals surface area contributed by atoms with Crippen molar-refractivity contribution in [2.75, 3.05) is 0 Å². The SMILES string of the molecule is CCC(C)(C)[Si](C)(C)O[Si](C)(O[Si](C)(C)C)c1ccccc1. The van der Waals surface area contributed by atoms with Crippen molar-refractivity contribution in [3.05, 3.63) is 30.3 Å². The summed E-state index contributed by atoms with van der Waals surface area (Å²) >= 11 is 0. The van der Waals surface area contributed by atoms with E-state index < -0.39 is 25.2 Å². The van der Waals surface area contributed by atoms with Crippen LogP contribution in [-0.2, 0) is 8.23 Å². The highest BCUT2D eigenvalue weighted by Gasteiger charge is 2.48. The van der Waals surface area contributed by atoms with Crippen LogP contribution < -0.4 is 5.19 Å². The Kier molecular flexibility index (Phi) is 6.07. The smallest absolute Gasteiger partial charge is 0.348 e. The van der Waals surface area contributed by atoms with Crippen LogP contribution in [0.1, 0.15) is 27.2 Å². The molecule has 0 saturated carbocycles. The summed E-state index contributed by atoms with van der Waals surface area (Å²) < 4.78 is 13.6. The molecule has 0 N–H and O–H groups in total. The fourth-order valence-electron chi connectivity index (χ4n) is 2.51. The summed E-state index contributed by atoms with van der Waals surface area (Å²) in [7, 11) is -5.97. The van der Waals surface area contributed by atoms with E-state index in [1.54, 1.807) is 0 Å². The minimum Gasteiger partial charge on any atom is -0.433 e. The van der Waals surface area contributed by atoms with Gasteiger partial charge in [0.05, 0.1) is 0 Å². The molecule has 0 aliphatic heterocycles. The summed E-state index contributed by atoms with van der Waals surface area (Å²) in [6.45, 7) is 20.6. The summed E-state index contributed by atoms with van der Waals surface area (Å²) in [6.07, 6.45) is 1.14. The van der Waals surface area contributed by atoms with Crippen LogP contribution in [0.25, 0.3) is 0 Å². The van der Waals surface area contributed by atoms with E-state index in [-0.39, 0.29) is 5.04 Å². The molecule has 2 nitrogen and oxygen atoms in total. The van der Waals surface area contributed by atoms with E-state index in [9.17, 15) is 0 Å². The van der Waals surface area contributed by atoms with E-state index in [1.807, 2.05) is 0 Å². The molecule has 0 radical (unpaired) electrons. The van der Waals surface area contributed by atoms with Crippen LogP contribution in [0.3, 0.4) is 0 Å².